The number of Topliss-reactive ketones (excluding diaryl/α,β-unsaturated/α-hetero) is 1. The number of aromatic nitrogens is 1. The molecule has 0 fully saturated rings. The Morgan fingerprint density at radius 3 is 2.65 bits per heavy atom. The van der Waals surface area contributed by atoms with Crippen LogP contribution in [0.4, 0.5) is 0 Å². The Balaban J connectivity index is 0.000000686. The van der Waals surface area contributed by atoms with E-state index in [1.807, 2.05) is 44.3 Å². The maximum absolute atomic E-state index is 11.1. The number of ketones is 1. The van der Waals surface area contributed by atoms with Crippen molar-refractivity contribution in [2.45, 2.75) is 33.2 Å². The van der Waals surface area contributed by atoms with E-state index >= 15 is 0 Å². The molecular formula is C14H20N2O. The fraction of sp³-hybridized carbons (Fsp3) is 0.357. The first-order valence-electron chi connectivity index (χ1n) is 5.99. The van der Waals surface area contributed by atoms with Crippen LogP contribution in [0, 0.1) is 0 Å². The van der Waals surface area contributed by atoms with Crippen molar-refractivity contribution < 1.29 is 4.79 Å². The Labute approximate surface area is 102 Å². The van der Waals surface area contributed by atoms with E-state index in [1.54, 1.807) is 0 Å². The average Bonchev–Trinajstić information content (AvgIpc) is 2.75. The summed E-state index contributed by atoms with van der Waals surface area (Å²) >= 11 is 0. The molecule has 0 amide bonds. The first-order valence-corrected chi connectivity index (χ1v) is 5.99. The van der Waals surface area contributed by atoms with Crippen LogP contribution in [0.3, 0.4) is 0 Å². The van der Waals surface area contributed by atoms with Gasteiger partial charge in [0.2, 0.25) is 0 Å². The molecule has 3 nitrogen and oxygen atoms in total. The van der Waals surface area contributed by atoms with E-state index in [0.717, 1.165) is 16.5 Å². The monoisotopic (exact) mass is 232 g/mol. The van der Waals surface area contributed by atoms with Gasteiger partial charge in [-0.1, -0.05) is 32.0 Å². The van der Waals surface area contributed by atoms with Gasteiger partial charge in [-0.25, -0.2) is 0 Å². The minimum Gasteiger partial charge on any atom is -0.361 e. The topological polar surface area (TPSA) is 58.9 Å². The number of para-hydroxylation sites is 1. The molecule has 2 aromatic rings. The van der Waals surface area contributed by atoms with Gasteiger partial charge in [-0.15, -0.1) is 0 Å². The third kappa shape index (κ3) is 3.17. The number of nitrogens with one attached hydrogen (secondary N) is 1. The van der Waals surface area contributed by atoms with Crippen LogP contribution in [0.15, 0.2) is 30.5 Å². The zero-order chi connectivity index (χ0) is 12.8. The van der Waals surface area contributed by atoms with Crippen molar-refractivity contribution in [1.82, 2.24) is 4.98 Å². The number of nitrogens with two attached hydrogens (primary N) is 1. The number of carbonyl (C=O) groups excluding carboxylic acids is 1. The molecule has 0 radical (unpaired) electrons. The van der Waals surface area contributed by atoms with Crippen molar-refractivity contribution >= 4 is 16.7 Å². The smallest absolute Gasteiger partial charge is 0.146 e. The molecule has 0 aliphatic rings. The normalized spacial score (nSPS) is 11.8. The SMILES string of the molecule is CC.CC(=O)[C@@H](N)Cc1c[nH]c2ccccc12. The highest BCUT2D eigenvalue weighted by molar-refractivity contribution is 5.85. The second-order valence-corrected chi connectivity index (χ2v) is 3.78. The molecule has 0 saturated heterocycles. The lowest BCUT2D eigenvalue weighted by molar-refractivity contribution is -0.118. The predicted molar refractivity (Wildman–Crippen MR) is 72.0 cm³/mol. The highest BCUT2D eigenvalue weighted by atomic mass is 16.1. The van der Waals surface area contributed by atoms with Crippen LogP contribution in [0.25, 0.3) is 10.9 Å². The number of hydrogen-bond acceptors (Lipinski definition) is 2. The number of hydrogen-bond donors (Lipinski definition) is 2. The molecule has 3 heteroatoms. The van der Waals surface area contributed by atoms with E-state index in [-0.39, 0.29) is 5.78 Å². The van der Waals surface area contributed by atoms with Crippen LogP contribution in [0.1, 0.15) is 26.3 Å². The molecular weight excluding hydrogens is 212 g/mol. The molecule has 0 unspecified atom stereocenters. The van der Waals surface area contributed by atoms with Gasteiger partial charge >= 0.3 is 0 Å². The Kier molecular flexibility index (Phi) is 4.91. The minimum atomic E-state index is -0.399. The van der Waals surface area contributed by atoms with Gasteiger partial charge in [0.1, 0.15) is 5.78 Å². The first kappa shape index (κ1) is 13.5. The highest BCUT2D eigenvalue weighted by Gasteiger charge is 2.11. The molecule has 0 bridgehead atoms. The van der Waals surface area contributed by atoms with Crippen molar-refractivity contribution in [3.05, 3.63) is 36.0 Å². The van der Waals surface area contributed by atoms with Crippen molar-refractivity contribution in [3.63, 3.8) is 0 Å². The third-order valence-electron chi connectivity index (χ3n) is 2.64. The quantitative estimate of drug-likeness (QED) is 0.854. The number of carbonyl (C=O) groups is 1. The van der Waals surface area contributed by atoms with E-state index in [9.17, 15) is 4.79 Å². The Morgan fingerprint density at radius 2 is 2.00 bits per heavy atom. The summed E-state index contributed by atoms with van der Waals surface area (Å²) in [6.45, 7) is 5.53. The van der Waals surface area contributed by atoms with E-state index in [1.165, 1.54) is 6.92 Å². The van der Waals surface area contributed by atoms with E-state index in [4.69, 9.17) is 5.73 Å². The summed E-state index contributed by atoms with van der Waals surface area (Å²) in [6, 6.07) is 7.61. The van der Waals surface area contributed by atoms with E-state index in [2.05, 4.69) is 4.98 Å². The molecule has 0 saturated carbocycles. The third-order valence-corrected chi connectivity index (χ3v) is 2.64. The maximum atomic E-state index is 11.1. The van der Waals surface area contributed by atoms with Gasteiger partial charge in [0, 0.05) is 17.1 Å². The molecule has 1 aromatic carbocycles. The van der Waals surface area contributed by atoms with Crippen molar-refractivity contribution in [2.75, 3.05) is 0 Å². The number of benzene rings is 1. The van der Waals surface area contributed by atoms with Crippen LogP contribution < -0.4 is 5.73 Å². The Hall–Kier alpha value is -1.61. The van der Waals surface area contributed by atoms with Gasteiger partial charge < -0.3 is 10.7 Å². The fourth-order valence-corrected chi connectivity index (χ4v) is 1.68. The van der Waals surface area contributed by atoms with E-state index < -0.39 is 6.04 Å². The van der Waals surface area contributed by atoms with Crippen LogP contribution in [-0.4, -0.2) is 16.8 Å². The largest absolute Gasteiger partial charge is 0.361 e. The predicted octanol–water partition coefficient (Wildman–Crippen LogP) is 2.65. The van der Waals surface area contributed by atoms with Crippen LogP contribution >= 0.6 is 0 Å². The number of aromatic amines is 1. The van der Waals surface area contributed by atoms with Crippen LogP contribution in [0.2, 0.25) is 0 Å². The summed E-state index contributed by atoms with van der Waals surface area (Å²) in [5, 5.41) is 1.15. The maximum Gasteiger partial charge on any atom is 0.146 e. The highest BCUT2D eigenvalue weighted by Crippen LogP contribution is 2.18. The van der Waals surface area contributed by atoms with Gasteiger partial charge in [-0.3, -0.25) is 4.79 Å². The minimum absolute atomic E-state index is 0.0280. The summed E-state index contributed by atoms with van der Waals surface area (Å²) in [7, 11) is 0. The van der Waals surface area contributed by atoms with Crippen LogP contribution in [-0.2, 0) is 11.2 Å². The molecule has 0 aliphatic carbocycles. The zero-order valence-electron chi connectivity index (χ0n) is 10.7. The molecule has 0 spiro atoms. The van der Waals surface area contributed by atoms with Crippen molar-refractivity contribution in [3.8, 4) is 0 Å². The number of rotatable bonds is 3. The van der Waals surface area contributed by atoms with Crippen molar-refractivity contribution in [1.29, 1.82) is 0 Å². The molecule has 2 rings (SSSR count). The Morgan fingerprint density at radius 1 is 1.35 bits per heavy atom. The lowest BCUT2D eigenvalue weighted by Crippen LogP contribution is -2.30. The molecule has 92 valence electrons. The van der Waals surface area contributed by atoms with E-state index in [0.29, 0.717) is 6.42 Å². The molecule has 1 aromatic heterocycles. The number of fused-ring (bicyclic) bond motifs is 1. The Bertz CT molecular complexity index is 488. The molecule has 0 aliphatic heterocycles. The zero-order valence-corrected chi connectivity index (χ0v) is 10.7. The van der Waals surface area contributed by atoms with Gasteiger partial charge in [0.05, 0.1) is 6.04 Å². The standard InChI is InChI=1S/C12H14N2O.C2H6/c1-8(15)11(13)6-9-7-14-12-5-3-2-4-10(9)12;1-2/h2-5,7,11,14H,6,13H2,1H3;1-2H3/t11-;/m0./s1. The summed E-state index contributed by atoms with van der Waals surface area (Å²) in [6.07, 6.45) is 2.52. The lowest BCUT2D eigenvalue weighted by atomic mass is 10.0. The molecule has 17 heavy (non-hydrogen) atoms. The average molecular weight is 232 g/mol. The van der Waals surface area contributed by atoms with Gasteiger partial charge in [-0.05, 0) is 25.0 Å². The number of H-pyrrole nitrogens is 1. The second kappa shape index (κ2) is 6.21. The van der Waals surface area contributed by atoms with Crippen LogP contribution in [0.5, 0.6) is 0 Å². The summed E-state index contributed by atoms with van der Waals surface area (Å²) in [5.74, 6) is 0.0280. The first-order chi connectivity index (χ1) is 8.18. The second-order valence-electron chi connectivity index (χ2n) is 3.78. The lowest BCUT2D eigenvalue weighted by Gasteiger charge is -2.05. The van der Waals surface area contributed by atoms with Gasteiger partial charge in [-0.2, -0.15) is 0 Å². The van der Waals surface area contributed by atoms with Gasteiger partial charge in [0.15, 0.2) is 0 Å². The summed E-state index contributed by atoms with van der Waals surface area (Å²) in [4.78, 5) is 14.2. The van der Waals surface area contributed by atoms with Gasteiger partial charge in [0.25, 0.3) is 0 Å². The fourth-order valence-electron chi connectivity index (χ4n) is 1.68. The summed E-state index contributed by atoms with van der Waals surface area (Å²) < 4.78 is 0. The van der Waals surface area contributed by atoms with Crippen molar-refractivity contribution in [2.24, 2.45) is 5.73 Å². The summed E-state index contributed by atoms with van der Waals surface area (Å²) in [5.41, 5.74) is 7.93. The molecule has 1 atom stereocenters. The molecule has 1 heterocycles. The molecule has 3 N–H and O–H groups in total.